The van der Waals surface area contributed by atoms with Crippen molar-refractivity contribution in [1.29, 1.82) is 0 Å². The Morgan fingerprint density at radius 1 is 1.42 bits per heavy atom. The number of esters is 1. The molecule has 1 aliphatic heterocycles. The van der Waals surface area contributed by atoms with Gasteiger partial charge in [-0.3, -0.25) is 4.79 Å². The molecule has 0 bridgehead atoms. The standard InChI is InChI=1S/C15H20N2O5S2/c1-3-22-15(19)13-10-23-8-7-17(13)14(18)11-5-4-6-12(9-11)24(20,21)16-2/h4-6,9,13,16H,3,7-8,10H2,1-2H3/t13-/m0/s1. The van der Waals surface area contributed by atoms with Crippen LogP contribution in [-0.2, 0) is 19.6 Å². The number of sulfonamides is 1. The van der Waals surface area contributed by atoms with Crippen LogP contribution in [0.15, 0.2) is 29.2 Å². The first-order valence-electron chi connectivity index (χ1n) is 7.49. The van der Waals surface area contributed by atoms with Gasteiger partial charge in [-0.15, -0.1) is 0 Å². The third-order valence-electron chi connectivity index (χ3n) is 3.61. The van der Waals surface area contributed by atoms with Crippen LogP contribution in [0.25, 0.3) is 0 Å². The highest BCUT2D eigenvalue weighted by Gasteiger charge is 2.34. The molecule has 1 aromatic carbocycles. The maximum absolute atomic E-state index is 12.8. The second-order valence-electron chi connectivity index (χ2n) is 5.08. The van der Waals surface area contributed by atoms with Gasteiger partial charge < -0.3 is 9.64 Å². The van der Waals surface area contributed by atoms with Crippen LogP contribution in [0, 0.1) is 0 Å². The number of thioether (sulfide) groups is 1. The van der Waals surface area contributed by atoms with E-state index in [9.17, 15) is 18.0 Å². The van der Waals surface area contributed by atoms with Crippen LogP contribution in [0.2, 0.25) is 0 Å². The average molecular weight is 372 g/mol. The third kappa shape index (κ3) is 4.08. The van der Waals surface area contributed by atoms with Crippen LogP contribution in [0.4, 0.5) is 0 Å². The molecule has 1 N–H and O–H groups in total. The van der Waals surface area contributed by atoms with Crippen molar-refractivity contribution in [2.45, 2.75) is 17.9 Å². The molecule has 1 fully saturated rings. The molecule has 1 saturated heterocycles. The molecule has 132 valence electrons. The predicted octanol–water partition coefficient (Wildman–Crippen LogP) is 0.715. The summed E-state index contributed by atoms with van der Waals surface area (Å²) in [7, 11) is -2.33. The molecule has 1 atom stereocenters. The van der Waals surface area contributed by atoms with E-state index in [0.717, 1.165) is 5.75 Å². The lowest BCUT2D eigenvalue weighted by Crippen LogP contribution is -2.51. The lowest BCUT2D eigenvalue weighted by atomic mass is 10.1. The average Bonchev–Trinajstić information content (AvgIpc) is 2.61. The lowest BCUT2D eigenvalue weighted by molar-refractivity contribution is -0.147. The van der Waals surface area contributed by atoms with Crippen molar-refractivity contribution < 1.29 is 22.7 Å². The van der Waals surface area contributed by atoms with Gasteiger partial charge in [0.05, 0.1) is 11.5 Å². The Bertz CT molecular complexity index is 720. The van der Waals surface area contributed by atoms with Crippen molar-refractivity contribution in [3.8, 4) is 0 Å². The number of ether oxygens (including phenoxy) is 1. The Kier molecular flexibility index (Phi) is 6.25. The minimum atomic E-state index is -3.64. The van der Waals surface area contributed by atoms with Gasteiger partial charge in [0.1, 0.15) is 6.04 Å². The molecule has 0 unspecified atom stereocenters. The molecule has 0 spiro atoms. The molecule has 0 radical (unpaired) electrons. The van der Waals surface area contributed by atoms with Crippen molar-refractivity contribution >= 4 is 33.7 Å². The zero-order valence-electron chi connectivity index (χ0n) is 13.5. The number of carbonyl (C=O) groups excluding carboxylic acids is 2. The highest BCUT2D eigenvalue weighted by atomic mass is 32.2. The summed E-state index contributed by atoms with van der Waals surface area (Å²) in [5.74, 6) is 0.383. The van der Waals surface area contributed by atoms with E-state index in [1.165, 1.54) is 30.1 Å². The van der Waals surface area contributed by atoms with Crippen LogP contribution < -0.4 is 4.72 Å². The third-order valence-corrected chi connectivity index (χ3v) is 6.04. The molecule has 2 rings (SSSR count). The molecule has 1 amide bonds. The summed E-state index contributed by atoms with van der Waals surface area (Å²) in [6, 6.07) is 5.13. The number of nitrogens with zero attached hydrogens (tertiary/aromatic N) is 1. The number of benzene rings is 1. The Morgan fingerprint density at radius 2 is 2.17 bits per heavy atom. The molecule has 9 heteroatoms. The van der Waals surface area contributed by atoms with Gasteiger partial charge in [0.2, 0.25) is 10.0 Å². The van der Waals surface area contributed by atoms with E-state index in [4.69, 9.17) is 4.74 Å². The van der Waals surface area contributed by atoms with Crippen molar-refractivity contribution in [1.82, 2.24) is 9.62 Å². The summed E-state index contributed by atoms with van der Waals surface area (Å²) < 4.78 is 31.1. The fourth-order valence-corrected chi connectivity index (χ4v) is 4.17. The van der Waals surface area contributed by atoms with Gasteiger partial charge in [-0.25, -0.2) is 17.9 Å². The van der Waals surface area contributed by atoms with Gasteiger partial charge in [0, 0.05) is 23.6 Å². The minimum absolute atomic E-state index is 0.00918. The summed E-state index contributed by atoms with van der Waals surface area (Å²) in [4.78, 5) is 26.3. The van der Waals surface area contributed by atoms with E-state index in [2.05, 4.69) is 4.72 Å². The van der Waals surface area contributed by atoms with E-state index < -0.39 is 22.0 Å². The molecular weight excluding hydrogens is 352 g/mol. The topological polar surface area (TPSA) is 92.8 Å². The first kappa shape index (κ1) is 18.8. The number of amides is 1. The summed E-state index contributed by atoms with van der Waals surface area (Å²) in [5.41, 5.74) is 0.229. The van der Waals surface area contributed by atoms with E-state index in [1.54, 1.807) is 24.8 Å². The van der Waals surface area contributed by atoms with E-state index in [0.29, 0.717) is 12.3 Å². The summed E-state index contributed by atoms with van der Waals surface area (Å²) in [5, 5.41) is 0. The quantitative estimate of drug-likeness (QED) is 0.766. The van der Waals surface area contributed by atoms with Crippen LogP contribution in [0.3, 0.4) is 0 Å². The van der Waals surface area contributed by atoms with Crippen LogP contribution in [0.1, 0.15) is 17.3 Å². The number of nitrogens with one attached hydrogen (secondary N) is 1. The number of rotatable bonds is 5. The molecule has 1 heterocycles. The monoisotopic (exact) mass is 372 g/mol. The Hall–Kier alpha value is -1.58. The van der Waals surface area contributed by atoms with Crippen molar-refractivity contribution in [2.24, 2.45) is 0 Å². The SMILES string of the molecule is CCOC(=O)[C@@H]1CSCCN1C(=O)c1cccc(S(=O)(=O)NC)c1. The summed E-state index contributed by atoms with van der Waals surface area (Å²) in [6.07, 6.45) is 0. The van der Waals surface area contributed by atoms with Gasteiger partial charge in [-0.2, -0.15) is 11.8 Å². The van der Waals surface area contributed by atoms with Gasteiger partial charge in [0.15, 0.2) is 0 Å². The summed E-state index contributed by atoms with van der Waals surface area (Å²) >= 11 is 1.58. The number of hydrogen-bond acceptors (Lipinski definition) is 6. The smallest absolute Gasteiger partial charge is 0.329 e. The molecule has 0 aromatic heterocycles. The zero-order valence-corrected chi connectivity index (χ0v) is 15.2. The number of carbonyl (C=O) groups is 2. The molecule has 1 aromatic rings. The largest absolute Gasteiger partial charge is 0.464 e. The van der Waals surface area contributed by atoms with Gasteiger partial charge in [-0.05, 0) is 32.2 Å². The van der Waals surface area contributed by atoms with E-state index in [1.807, 2.05) is 0 Å². The van der Waals surface area contributed by atoms with Gasteiger partial charge in [-0.1, -0.05) is 6.07 Å². The fraction of sp³-hybridized carbons (Fsp3) is 0.467. The second-order valence-corrected chi connectivity index (χ2v) is 8.11. The normalized spacial score (nSPS) is 18.2. The zero-order chi connectivity index (χ0) is 17.7. The maximum atomic E-state index is 12.8. The first-order chi connectivity index (χ1) is 11.4. The highest BCUT2D eigenvalue weighted by molar-refractivity contribution is 7.99. The van der Waals surface area contributed by atoms with Gasteiger partial charge >= 0.3 is 5.97 Å². The Balaban J connectivity index is 2.29. The van der Waals surface area contributed by atoms with Crippen molar-refractivity contribution in [2.75, 3.05) is 31.7 Å². The molecular formula is C15H20N2O5S2. The van der Waals surface area contributed by atoms with Crippen LogP contribution in [-0.4, -0.2) is 62.9 Å². The van der Waals surface area contributed by atoms with E-state index >= 15 is 0 Å². The number of hydrogen-bond donors (Lipinski definition) is 1. The van der Waals surface area contributed by atoms with Crippen molar-refractivity contribution in [3.63, 3.8) is 0 Å². The lowest BCUT2D eigenvalue weighted by Gasteiger charge is -2.33. The van der Waals surface area contributed by atoms with Crippen LogP contribution in [0.5, 0.6) is 0 Å². The van der Waals surface area contributed by atoms with Gasteiger partial charge in [0.25, 0.3) is 5.91 Å². The fourth-order valence-electron chi connectivity index (χ4n) is 2.36. The molecule has 1 aliphatic rings. The molecule has 0 aliphatic carbocycles. The maximum Gasteiger partial charge on any atom is 0.329 e. The molecule has 7 nitrogen and oxygen atoms in total. The summed E-state index contributed by atoms with van der Waals surface area (Å²) in [6.45, 7) is 2.38. The van der Waals surface area contributed by atoms with Crippen LogP contribution >= 0.6 is 11.8 Å². The minimum Gasteiger partial charge on any atom is -0.464 e. The predicted molar refractivity (Wildman–Crippen MR) is 91.5 cm³/mol. The Morgan fingerprint density at radius 3 is 2.83 bits per heavy atom. The first-order valence-corrected chi connectivity index (χ1v) is 10.1. The molecule has 0 saturated carbocycles. The second kappa shape index (κ2) is 8.00. The highest BCUT2D eigenvalue weighted by Crippen LogP contribution is 2.21. The Labute approximate surface area is 145 Å². The van der Waals surface area contributed by atoms with Crippen molar-refractivity contribution in [3.05, 3.63) is 29.8 Å². The van der Waals surface area contributed by atoms with E-state index in [-0.39, 0.29) is 23.0 Å². The molecule has 24 heavy (non-hydrogen) atoms.